The fourth-order valence-corrected chi connectivity index (χ4v) is 3.02. The normalized spacial score (nSPS) is 16.6. The van der Waals surface area contributed by atoms with Crippen LogP contribution >= 0.6 is 0 Å². The van der Waals surface area contributed by atoms with E-state index in [0.29, 0.717) is 25.8 Å². The van der Waals surface area contributed by atoms with Crippen LogP contribution in [0.2, 0.25) is 0 Å². The lowest BCUT2D eigenvalue weighted by molar-refractivity contribution is -0.140. The van der Waals surface area contributed by atoms with Crippen molar-refractivity contribution in [3.63, 3.8) is 0 Å². The van der Waals surface area contributed by atoms with Crippen molar-refractivity contribution in [1.82, 2.24) is 5.32 Å². The molecule has 0 bridgehead atoms. The minimum Gasteiger partial charge on any atom is -0.480 e. The van der Waals surface area contributed by atoms with E-state index in [4.69, 9.17) is 15.6 Å². The Morgan fingerprint density at radius 2 is 1.88 bits per heavy atom. The molecule has 1 aliphatic rings. The van der Waals surface area contributed by atoms with Gasteiger partial charge in [-0.1, -0.05) is 12.8 Å². The lowest BCUT2D eigenvalue weighted by Gasteiger charge is -2.26. The van der Waals surface area contributed by atoms with Gasteiger partial charge in [-0.15, -0.1) is 0 Å². The van der Waals surface area contributed by atoms with Crippen molar-refractivity contribution in [2.24, 2.45) is 11.7 Å². The number of alkyl carbamates (subject to hydrolysis) is 1. The number of hydrogen-bond donors (Lipinski definition) is 3. The Bertz CT molecular complexity index is 444. The molecule has 1 saturated carbocycles. The molecule has 1 aliphatic carbocycles. The van der Waals surface area contributed by atoms with Gasteiger partial charge in [-0.3, -0.25) is 4.79 Å². The number of aliphatic carboxylic acids is 1. The summed E-state index contributed by atoms with van der Waals surface area (Å²) in [7, 11) is 0. The van der Waals surface area contributed by atoms with Crippen molar-refractivity contribution in [2.75, 3.05) is 6.54 Å². The first kappa shape index (κ1) is 20.4. The van der Waals surface area contributed by atoms with Crippen LogP contribution < -0.4 is 11.1 Å². The van der Waals surface area contributed by atoms with E-state index < -0.39 is 23.7 Å². The molecule has 0 aromatic carbocycles. The smallest absolute Gasteiger partial charge is 0.408 e. The van der Waals surface area contributed by atoms with Crippen LogP contribution in [-0.2, 0) is 14.3 Å². The van der Waals surface area contributed by atoms with Crippen molar-refractivity contribution >= 4 is 17.8 Å². The van der Waals surface area contributed by atoms with Gasteiger partial charge in [-0.25, -0.2) is 9.59 Å². The number of carboxylic acid groups (broad SMARTS) is 1. The van der Waals surface area contributed by atoms with E-state index in [1.807, 2.05) is 0 Å². The summed E-state index contributed by atoms with van der Waals surface area (Å²) in [5.74, 6) is -0.925. The van der Waals surface area contributed by atoms with Crippen LogP contribution in [0.4, 0.5) is 4.79 Å². The molecule has 0 heterocycles. The topological polar surface area (TPSA) is 119 Å². The molecule has 1 fully saturated rings. The summed E-state index contributed by atoms with van der Waals surface area (Å²) in [5, 5.41) is 11.5. The maximum Gasteiger partial charge on any atom is 0.408 e. The van der Waals surface area contributed by atoms with E-state index in [9.17, 15) is 14.4 Å². The van der Waals surface area contributed by atoms with Gasteiger partial charge in [0, 0.05) is 12.3 Å². The second-order valence-corrected chi connectivity index (χ2v) is 7.09. The summed E-state index contributed by atoms with van der Waals surface area (Å²) in [4.78, 5) is 35.4. The number of unbranched alkanes of at least 4 members (excludes halogenated alkanes) is 1. The number of hydrogen-bond acceptors (Lipinski definition) is 5. The monoisotopic (exact) mass is 342 g/mol. The van der Waals surface area contributed by atoms with Gasteiger partial charge in [0.05, 0.1) is 0 Å². The standard InChI is InChI=1S/C17H30N2O5/c1-17(2,11-14(20)12-7-3-4-8-12)24-16(23)19-13(15(21)22)9-5-6-10-18/h12-13H,3-11,18H2,1-2H3,(H,19,23)(H,21,22)/t13-/m0/s1. The molecule has 0 aliphatic heterocycles. The number of carbonyl (C=O) groups excluding carboxylic acids is 2. The first-order valence-corrected chi connectivity index (χ1v) is 8.70. The minimum atomic E-state index is -1.11. The molecule has 4 N–H and O–H groups in total. The number of nitrogens with one attached hydrogen (secondary N) is 1. The highest BCUT2D eigenvalue weighted by Gasteiger charge is 2.32. The summed E-state index contributed by atoms with van der Waals surface area (Å²) in [6, 6.07) is -1.01. The number of rotatable bonds is 10. The molecular formula is C17H30N2O5. The molecule has 7 heteroatoms. The largest absolute Gasteiger partial charge is 0.480 e. The van der Waals surface area contributed by atoms with Crippen LogP contribution in [0.1, 0.15) is 65.2 Å². The molecule has 0 spiro atoms. The van der Waals surface area contributed by atoms with E-state index in [-0.39, 0.29) is 18.1 Å². The van der Waals surface area contributed by atoms with Crippen molar-refractivity contribution in [1.29, 1.82) is 0 Å². The highest BCUT2D eigenvalue weighted by molar-refractivity contribution is 5.83. The molecule has 0 saturated heterocycles. The molecule has 1 atom stereocenters. The number of ether oxygens (including phenoxy) is 1. The third kappa shape index (κ3) is 7.29. The Kier molecular flexibility index (Phi) is 8.18. The van der Waals surface area contributed by atoms with Gasteiger partial charge < -0.3 is 20.9 Å². The zero-order valence-corrected chi connectivity index (χ0v) is 14.7. The molecule has 0 aromatic heterocycles. The number of nitrogens with two attached hydrogens (primary N) is 1. The fraction of sp³-hybridized carbons (Fsp3) is 0.824. The van der Waals surface area contributed by atoms with Crippen LogP contribution in [0.3, 0.4) is 0 Å². The van der Waals surface area contributed by atoms with Crippen molar-refractivity contribution in [3.05, 3.63) is 0 Å². The fourth-order valence-electron chi connectivity index (χ4n) is 3.02. The van der Waals surface area contributed by atoms with Crippen LogP contribution in [0, 0.1) is 5.92 Å². The Balaban J connectivity index is 2.47. The number of Topliss-reactive ketones (excluding diaryl/α,β-unsaturated/α-hetero) is 1. The predicted molar refractivity (Wildman–Crippen MR) is 89.6 cm³/mol. The maximum absolute atomic E-state index is 12.2. The highest BCUT2D eigenvalue weighted by atomic mass is 16.6. The zero-order chi connectivity index (χ0) is 18.2. The average Bonchev–Trinajstić information content (AvgIpc) is 2.99. The average molecular weight is 342 g/mol. The van der Waals surface area contributed by atoms with Gasteiger partial charge in [0.1, 0.15) is 17.4 Å². The van der Waals surface area contributed by atoms with Gasteiger partial charge in [-0.2, -0.15) is 0 Å². The van der Waals surface area contributed by atoms with E-state index in [1.54, 1.807) is 13.8 Å². The van der Waals surface area contributed by atoms with Gasteiger partial charge in [-0.05, 0) is 52.5 Å². The van der Waals surface area contributed by atoms with Gasteiger partial charge in [0.2, 0.25) is 0 Å². The van der Waals surface area contributed by atoms with Crippen LogP contribution in [0.25, 0.3) is 0 Å². The predicted octanol–water partition coefficient (Wildman–Crippen LogP) is 2.22. The van der Waals surface area contributed by atoms with E-state index in [2.05, 4.69) is 5.32 Å². The summed E-state index contributed by atoms with van der Waals surface area (Å²) in [6.45, 7) is 3.82. The Hall–Kier alpha value is -1.63. The van der Waals surface area contributed by atoms with Crippen LogP contribution in [0.15, 0.2) is 0 Å². The first-order chi connectivity index (χ1) is 11.2. The number of carboxylic acids is 1. The van der Waals surface area contributed by atoms with Crippen molar-refractivity contribution < 1.29 is 24.2 Å². The van der Waals surface area contributed by atoms with Crippen molar-refractivity contribution in [3.8, 4) is 0 Å². The number of carbonyl (C=O) groups is 3. The quantitative estimate of drug-likeness (QED) is 0.524. The molecule has 138 valence electrons. The second kappa shape index (κ2) is 9.61. The third-order valence-electron chi connectivity index (χ3n) is 4.32. The van der Waals surface area contributed by atoms with E-state index >= 15 is 0 Å². The summed E-state index contributed by atoms with van der Waals surface area (Å²) in [6.07, 6.45) is 4.90. The Morgan fingerprint density at radius 3 is 2.42 bits per heavy atom. The lowest BCUT2D eigenvalue weighted by Crippen LogP contribution is -2.44. The zero-order valence-electron chi connectivity index (χ0n) is 14.7. The van der Waals surface area contributed by atoms with E-state index in [0.717, 1.165) is 25.7 Å². The van der Waals surface area contributed by atoms with Gasteiger partial charge in [0.25, 0.3) is 0 Å². The molecular weight excluding hydrogens is 312 g/mol. The first-order valence-electron chi connectivity index (χ1n) is 8.70. The van der Waals surface area contributed by atoms with Crippen LogP contribution in [0.5, 0.6) is 0 Å². The molecule has 0 aromatic rings. The SMILES string of the molecule is CC(C)(CC(=O)C1CCCC1)OC(=O)N[C@@H](CCCCN)C(=O)O. The van der Waals surface area contributed by atoms with Gasteiger partial charge >= 0.3 is 12.1 Å². The number of amides is 1. The molecule has 0 unspecified atom stereocenters. The molecule has 0 radical (unpaired) electrons. The highest BCUT2D eigenvalue weighted by Crippen LogP contribution is 2.29. The molecule has 7 nitrogen and oxygen atoms in total. The summed E-state index contributed by atoms with van der Waals surface area (Å²) < 4.78 is 5.30. The molecule has 24 heavy (non-hydrogen) atoms. The Morgan fingerprint density at radius 1 is 1.25 bits per heavy atom. The minimum absolute atomic E-state index is 0.0685. The van der Waals surface area contributed by atoms with Gasteiger partial charge in [0.15, 0.2) is 0 Å². The Labute approximate surface area is 143 Å². The lowest BCUT2D eigenvalue weighted by atomic mass is 9.92. The summed E-state index contributed by atoms with van der Waals surface area (Å²) in [5.41, 5.74) is 4.43. The third-order valence-corrected chi connectivity index (χ3v) is 4.32. The van der Waals surface area contributed by atoms with E-state index in [1.165, 1.54) is 0 Å². The molecule has 1 amide bonds. The van der Waals surface area contributed by atoms with Crippen molar-refractivity contribution in [2.45, 2.75) is 76.9 Å². The molecule has 1 rings (SSSR count). The maximum atomic E-state index is 12.2. The second-order valence-electron chi connectivity index (χ2n) is 7.09. The summed E-state index contributed by atoms with van der Waals surface area (Å²) >= 11 is 0. The van der Waals surface area contributed by atoms with Crippen LogP contribution in [-0.4, -0.2) is 41.1 Å². The number of ketones is 1.